The number of nitrogens with zero attached hydrogens (tertiary/aromatic N) is 4. The van der Waals surface area contributed by atoms with E-state index < -0.39 is 17.7 Å². The molecule has 43 heavy (non-hydrogen) atoms. The molecule has 2 aliphatic rings. The maximum Gasteiger partial charge on any atom is 0.416 e. The number of carbonyl (C=O) groups excluding carboxylic acids is 1. The zero-order chi connectivity index (χ0) is 30.0. The van der Waals surface area contributed by atoms with Crippen LogP contribution in [0.5, 0.6) is 0 Å². The molecule has 2 aromatic carbocycles. The largest absolute Gasteiger partial charge is 0.463 e. The third-order valence-corrected chi connectivity index (χ3v) is 9.02. The van der Waals surface area contributed by atoms with E-state index in [-0.39, 0.29) is 17.7 Å². The Morgan fingerprint density at radius 1 is 0.930 bits per heavy atom. The Morgan fingerprint density at radius 2 is 1.65 bits per heavy atom. The Bertz CT molecular complexity index is 1570. The van der Waals surface area contributed by atoms with Crippen LogP contribution in [0.3, 0.4) is 0 Å². The Morgan fingerprint density at radius 3 is 2.30 bits per heavy atom. The summed E-state index contributed by atoms with van der Waals surface area (Å²) < 4.78 is 47.0. The van der Waals surface area contributed by atoms with E-state index in [9.17, 15) is 18.0 Å². The highest BCUT2D eigenvalue weighted by atomic mass is 19.4. The van der Waals surface area contributed by atoms with Crippen LogP contribution in [0.2, 0.25) is 0 Å². The van der Waals surface area contributed by atoms with Crippen LogP contribution in [0.25, 0.3) is 11.2 Å². The smallest absolute Gasteiger partial charge is 0.416 e. The number of hydrogen-bond acceptors (Lipinski definition) is 6. The van der Waals surface area contributed by atoms with E-state index >= 15 is 0 Å². The summed E-state index contributed by atoms with van der Waals surface area (Å²) in [7, 11) is 1.29. The molecule has 2 aliphatic carbocycles. The van der Waals surface area contributed by atoms with Crippen LogP contribution >= 0.6 is 0 Å². The van der Waals surface area contributed by atoms with Crippen molar-refractivity contribution in [1.82, 2.24) is 19.5 Å². The molecule has 2 fully saturated rings. The first-order chi connectivity index (χ1) is 20.8. The van der Waals surface area contributed by atoms with Crippen molar-refractivity contribution >= 4 is 23.0 Å². The number of rotatable bonds is 9. The van der Waals surface area contributed by atoms with E-state index in [1.165, 1.54) is 44.1 Å². The molecule has 0 amide bonds. The summed E-state index contributed by atoms with van der Waals surface area (Å²) >= 11 is 0. The zero-order valence-electron chi connectivity index (χ0n) is 24.2. The van der Waals surface area contributed by atoms with Crippen molar-refractivity contribution in [3.63, 3.8) is 0 Å². The fraction of sp³-hybridized carbons (Fsp3) is 0.455. The SMILES string of the molecule is COC(=O)c1nc(NCCC2CCC2)c2c(n1)nc(C1CCCCC1c1ccccc1)n2Cc1ccc(C(F)(F)F)cc1. The molecule has 2 heterocycles. The van der Waals surface area contributed by atoms with Crippen LogP contribution in [0.4, 0.5) is 19.0 Å². The fourth-order valence-electron chi connectivity index (χ4n) is 6.50. The number of anilines is 1. The number of aromatic nitrogens is 4. The number of methoxy groups -OCH3 is 1. The minimum Gasteiger partial charge on any atom is -0.463 e. The summed E-state index contributed by atoms with van der Waals surface area (Å²) in [4.78, 5) is 26.8. The molecule has 1 N–H and O–H groups in total. The highest BCUT2D eigenvalue weighted by Crippen LogP contribution is 2.45. The lowest BCUT2D eigenvalue weighted by atomic mass is 9.75. The lowest BCUT2D eigenvalue weighted by Crippen LogP contribution is -2.21. The van der Waals surface area contributed by atoms with Gasteiger partial charge in [0, 0.05) is 19.0 Å². The monoisotopic (exact) mass is 591 g/mol. The van der Waals surface area contributed by atoms with Gasteiger partial charge in [-0.3, -0.25) is 0 Å². The van der Waals surface area contributed by atoms with Crippen LogP contribution in [-0.4, -0.2) is 39.1 Å². The minimum atomic E-state index is -4.41. The molecule has 0 saturated heterocycles. The summed E-state index contributed by atoms with van der Waals surface area (Å²) in [5.74, 6) is 1.53. The molecule has 7 nitrogen and oxygen atoms in total. The Kier molecular flexibility index (Phi) is 8.36. The first-order valence-corrected chi connectivity index (χ1v) is 15.1. The predicted octanol–water partition coefficient (Wildman–Crippen LogP) is 7.72. The second-order valence-corrected chi connectivity index (χ2v) is 11.7. The Labute approximate surface area is 248 Å². The van der Waals surface area contributed by atoms with Gasteiger partial charge in [0.25, 0.3) is 0 Å². The van der Waals surface area contributed by atoms with Crippen molar-refractivity contribution in [1.29, 1.82) is 0 Å². The van der Waals surface area contributed by atoms with Gasteiger partial charge in [-0.25, -0.2) is 19.7 Å². The van der Waals surface area contributed by atoms with Gasteiger partial charge >= 0.3 is 12.1 Å². The van der Waals surface area contributed by atoms with Gasteiger partial charge in [-0.2, -0.15) is 13.2 Å². The quantitative estimate of drug-likeness (QED) is 0.201. The van der Waals surface area contributed by atoms with Gasteiger partial charge in [0.1, 0.15) is 11.3 Å². The number of hydrogen-bond donors (Lipinski definition) is 1. The summed E-state index contributed by atoms with van der Waals surface area (Å²) in [6, 6.07) is 15.7. The van der Waals surface area contributed by atoms with E-state index in [1.54, 1.807) is 0 Å². The molecule has 2 saturated carbocycles. The third kappa shape index (κ3) is 6.24. The molecule has 10 heteroatoms. The second-order valence-electron chi connectivity index (χ2n) is 11.7. The van der Waals surface area contributed by atoms with Crippen molar-refractivity contribution in [3.8, 4) is 0 Å². The number of esters is 1. The molecule has 2 unspecified atom stereocenters. The van der Waals surface area contributed by atoms with Crippen LogP contribution in [0.1, 0.15) is 96.3 Å². The number of halogens is 3. The molecular weight excluding hydrogens is 555 g/mol. The molecule has 226 valence electrons. The van der Waals surface area contributed by atoms with E-state index in [0.29, 0.717) is 41.6 Å². The highest BCUT2D eigenvalue weighted by molar-refractivity contribution is 5.91. The van der Waals surface area contributed by atoms with Gasteiger partial charge in [-0.05, 0) is 54.4 Å². The Hall–Kier alpha value is -3.95. The second kappa shape index (κ2) is 12.3. The molecule has 6 rings (SSSR count). The molecular formula is C33H36F3N5O2. The number of carbonyl (C=O) groups is 1. The van der Waals surface area contributed by atoms with Crippen LogP contribution in [0, 0.1) is 5.92 Å². The van der Waals surface area contributed by atoms with Crippen molar-refractivity contribution in [2.75, 3.05) is 19.0 Å². The van der Waals surface area contributed by atoms with Crippen LogP contribution < -0.4 is 5.32 Å². The van der Waals surface area contributed by atoms with Crippen molar-refractivity contribution in [2.24, 2.45) is 5.92 Å². The average Bonchev–Trinajstić information content (AvgIpc) is 3.36. The highest BCUT2D eigenvalue weighted by Gasteiger charge is 2.34. The van der Waals surface area contributed by atoms with Crippen LogP contribution in [0.15, 0.2) is 54.6 Å². The van der Waals surface area contributed by atoms with Gasteiger partial charge in [0.2, 0.25) is 5.82 Å². The molecule has 2 aromatic heterocycles. The first-order valence-electron chi connectivity index (χ1n) is 15.1. The van der Waals surface area contributed by atoms with Crippen molar-refractivity contribution in [3.05, 3.63) is 82.9 Å². The van der Waals surface area contributed by atoms with E-state index in [0.717, 1.165) is 50.1 Å². The van der Waals surface area contributed by atoms with Crippen molar-refractivity contribution in [2.45, 2.75) is 75.9 Å². The predicted molar refractivity (Wildman–Crippen MR) is 158 cm³/mol. The van der Waals surface area contributed by atoms with Gasteiger partial charge < -0.3 is 14.6 Å². The average molecular weight is 592 g/mol. The number of imidazole rings is 1. The molecule has 0 bridgehead atoms. The van der Waals surface area contributed by atoms with Gasteiger partial charge in [-0.15, -0.1) is 0 Å². The van der Waals surface area contributed by atoms with Gasteiger partial charge in [0.05, 0.1) is 12.7 Å². The normalized spacial score (nSPS) is 19.3. The van der Waals surface area contributed by atoms with E-state index in [4.69, 9.17) is 9.72 Å². The number of alkyl halides is 3. The summed E-state index contributed by atoms with van der Waals surface area (Å²) in [5, 5.41) is 3.45. The lowest BCUT2D eigenvalue weighted by Gasteiger charge is -2.32. The standard InChI is InChI=1S/C33H36F3N5O2/c1-43-32(42)30-38-28(37-19-18-21-8-7-9-21)27-29(39-30)40-31(26-13-6-5-12-25(26)23-10-3-2-4-11-23)41(27)20-22-14-16-24(17-15-22)33(34,35)36/h2-4,10-11,14-17,21,25-26H,5-9,12-13,18-20H2,1H3,(H,37,38,39). The maximum absolute atomic E-state index is 13.3. The molecule has 0 radical (unpaired) electrons. The zero-order valence-corrected chi connectivity index (χ0v) is 24.2. The number of fused-ring (bicyclic) bond motifs is 1. The summed E-state index contributed by atoms with van der Waals surface area (Å²) in [6.45, 7) is 0.967. The van der Waals surface area contributed by atoms with Gasteiger partial charge in [0.15, 0.2) is 11.5 Å². The van der Waals surface area contributed by atoms with E-state index in [2.05, 4.69) is 32.0 Å². The number of benzene rings is 2. The fourth-order valence-corrected chi connectivity index (χ4v) is 6.50. The molecule has 0 spiro atoms. The van der Waals surface area contributed by atoms with Crippen molar-refractivity contribution < 1.29 is 22.7 Å². The minimum absolute atomic E-state index is 0.0594. The number of nitrogens with one attached hydrogen (secondary N) is 1. The van der Waals surface area contributed by atoms with E-state index in [1.807, 2.05) is 18.2 Å². The van der Waals surface area contributed by atoms with Gasteiger partial charge in [-0.1, -0.05) is 74.6 Å². The molecule has 2 atom stereocenters. The third-order valence-electron chi connectivity index (χ3n) is 9.02. The summed E-state index contributed by atoms with van der Waals surface area (Å²) in [5.41, 5.74) is 2.28. The topological polar surface area (TPSA) is 81.9 Å². The lowest BCUT2D eigenvalue weighted by molar-refractivity contribution is -0.137. The maximum atomic E-state index is 13.3. The Balaban J connectivity index is 1.47. The molecule has 4 aromatic rings. The first kappa shape index (κ1) is 29.1. The number of ether oxygens (including phenoxy) is 1. The summed E-state index contributed by atoms with van der Waals surface area (Å²) in [6.07, 6.45) is 4.32. The van der Waals surface area contributed by atoms with Crippen LogP contribution in [-0.2, 0) is 17.5 Å². The molecule has 0 aliphatic heterocycles.